The Morgan fingerprint density at radius 2 is 1.81 bits per heavy atom. The van der Waals surface area contributed by atoms with Crippen LogP contribution in [-0.2, 0) is 17.6 Å². The van der Waals surface area contributed by atoms with Gasteiger partial charge in [0.2, 0.25) is 11.8 Å². The van der Waals surface area contributed by atoms with Gasteiger partial charge in [-0.3, -0.25) is 4.79 Å². The van der Waals surface area contributed by atoms with Crippen LogP contribution in [0.2, 0.25) is 0 Å². The van der Waals surface area contributed by atoms with E-state index in [2.05, 4.69) is 24.0 Å². The molecule has 0 radical (unpaired) electrons. The second-order valence-corrected chi connectivity index (χ2v) is 4.59. The fourth-order valence-electron chi connectivity index (χ4n) is 1.47. The highest BCUT2D eigenvalue weighted by Gasteiger charge is 2.13. The van der Waals surface area contributed by atoms with Crippen molar-refractivity contribution in [2.45, 2.75) is 40.0 Å². The van der Waals surface area contributed by atoms with Gasteiger partial charge in [0.1, 0.15) is 0 Å². The summed E-state index contributed by atoms with van der Waals surface area (Å²) in [5, 5.41) is 16.5. The van der Waals surface area contributed by atoms with Crippen molar-refractivity contribution in [1.29, 1.82) is 0 Å². The molecule has 0 spiro atoms. The van der Waals surface area contributed by atoms with E-state index in [0.29, 0.717) is 24.1 Å². The number of carboxylic acids is 1. The van der Waals surface area contributed by atoms with E-state index in [1.165, 1.54) is 0 Å². The number of hydrogen-bond acceptors (Lipinski definition) is 4. The lowest BCUT2D eigenvalue weighted by Crippen LogP contribution is -2.07. The van der Waals surface area contributed by atoms with Crippen molar-refractivity contribution in [2.75, 3.05) is 0 Å². The lowest BCUT2D eigenvalue weighted by Gasteiger charge is -2.03. The summed E-state index contributed by atoms with van der Waals surface area (Å²) in [7, 11) is 0. The Morgan fingerprint density at radius 1 is 1.25 bits per heavy atom. The number of carbonyl (C=O) groups is 1. The van der Waals surface area contributed by atoms with Gasteiger partial charge in [-0.1, -0.05) is 20.8 Å². The number of aromatic nitrogens is 2. The van der Waals surface area contributed by atoms with Crippen LogP contribution in [0, 0.1) is 11.8 Å². The number of carboxylic acid groups (broad SMARTS) is 1. The summed E-state index contributed by atoms with van der Waals surface area (Å²) in [5.74, 6) is 0.862. The number of rotatable bonds is 6. The number of hydrogen-bond donors (Lipinski definition) is 1. The molecule has 1 rings (SSSR count). The van der Waals surface area contributed by atoms with Crippen LogP contribution in [0.3, 0.4) is 0 Å². The average molecular weight is 226 g/mol. The molecule has 5 heteroatoms. The summed E-state index contributed by atoms with van der Waals surface area (Å²) >= 11 is 0. The molecule has 0 saturated heterocycles. The van der Waals surface area contributed by atoms with Crippen LogP contribution in [0.4, 0.5) is 0 Å². The van der Waals surface area contributed by atoms with E-state index >= 15 is 0 Å². The Labute approximate surface area is 94.9 Å². The highest BCUT2D eigenvalue weighted by atomic mass is 16.4. The molecule has 0 fully saturated rings. The SMILES string of the molecule is CC(C)Cc1nnc(CC(C)CC(=O)O)o1. The van der Waals surface area contributed by atoms with E-state index in [-0.39, 0.29) is 12.3 Å². The maximum absolute atomic E-state index is 10.5. The van der Waals surface area contributed by atoms with Crippen molar-refractivity contribution in [3.63, 3.8) is 0 Å². The topological polar surface area (TPSA) is 76.2 Å². The fraction of sp³-hybridized carbons (Fsp3) is 0.727. The van der Waals surface area contributed by atoms with E-state index in [0.717, 1.165) is 6.42 Å². The molecule has 90 valence electrons. The van der Waals surface area contributed by atoms with Crippen molar-refractivity contribution in [3.05, 3.63) is 11.8 Å². The minimum atomic E-state index is -0.797. The van der Waals surface area contributed by atoms with Gasteiger partial charge in [0, 0.05) is 19.3 Å². The quantitative estimate of drug-likeness (QED) is 0.801. The van der Waals surface area contributed by atoms with Crippen LogP contribution < -0.4 is 0 Å². The van der Waals surface area contributed by atoms with Crippen LogP contribution in [0.1, 0.15) is 39.0 Å². The zero-order chi connectivity index (χ0) is 12.1. The highest BCUT2D eigenvalue weighted by molar-refractivity contribution is 5.66. The number of aliphatic carboxylic acids is 1. The number of nitrogens with zero attached hydrogens (tertiary/aromatic N) is 2. The van der Waals surface area contributed by atoms with E-state index < -0.39 is 5.97 Å². The fourth-order valence-corrected chi connectivity index (χ4v) is 1.47. The van der Waals surface area contributed by atoms with Gasteiger partial charge < -0.3 is 9.52 Å². The van der Waals surface area contributed by atoms with Crippen molar-refractivity contribution >= 4 is 5.97 Å². The van der Waals surface area contributed by atoms with Crippen molar-refractivity contribution in [3.8, 4) is 0 Å². The van der Waals surface area contributed by atoms with Crippen molar-refractivity contribution in [1.82, 2.24) is 10.2 Å². The molecule has 0 aliphatic carbocycles. The molecule has 0 saturated carbocycles. The first-order valence-corrected chi connectivity index (χ1v) is 5.50. The summed E-state index contributed by atoms with van der Waals surface area (Å²) in [6.45, 7) is 6.02. The third kappa shape index (κ3) is 4.42. The molecule has 0 aliphatic heterocycles. The molecule has 0 bridgehead atoms. The minimum Gasteiger partial charge on any atom is -0.481 e. The van der Waals surface area contributed by atoms with Gasteiger partial charge in [-0.05, 0) is 11.8 Å². The average Bonchev–Trinajstić information content (AvgIpc) is 2.49. The van der Waals surface area contributed by atoms with Gasteiger partial charge in [-0.2, -0.15) is 0 Å². The van der Waals surface area contributed by atoms with Crippen molar-refractivity contribution in [2.24, 2.45) is 11.8 Å². The van der Waals surface area contributed by atoms with E-state index in [4.69, 9.17) is 9.52 Å². The first-order chi connectivity index (χ1) is 7.47. The molecule has 0 aromatic carbocycles. The minimum absolute atomic E-state index is 0.0184. The Morgan fingerprint density at radius 3 is 2.31 bits per heavy atom. The molecule has 1 aromatic heterocycles. The molecule has 1 N–H and O–H groups in total. The maximum atomic E-state index is 10.5. The van der Waals surface area contributed by atoms with E-state index in [9.17, 15) is 4.79 Å². The zero-order valence-corrected chi connectivity index (χ0v) is 9.93. The summed E-state index contributed by atoms with van der Waals surface area (Å²) in [4.78, 5) is 10.5. The van der Waals surface area contributed by atoms with Gasteiger partial charge in [0.15, 0.2) is 0 Å². The second kappa shape index (κ2) is 5.63. The van der Waals surface area contributed by atoms with Crippen molar-refractivity contribution < 1.29 is 14.3 Å². The van der Waals surface area contributed by atoms with Gasteiger partial charge in [-0.25, -0.2) is 0 Å². The third-order valence-corrected chi connectivity index (χ3v) is 2.14. The summed E-state index contributed by atoms with van der Waals surface area (Å²) in [6.07, 6.45) is 1.42. The smallest absolute Gasteiger partial charge is 0.303 e. The first kappa shape index (κ1) is 12.7. The lowest BCUT2D eigenvalue weighted by atomic mass is 10.0. The second-order valence-electron chi connectivity index (χ2n) is 4.59. The van der Waals surface area contributed by atoms with Gasteiger partial charge in [0.05, 0.1) is 0 Å². The Kier molecular flexibility index (Phi) is 4.46. The summed E-state index contributed by atoms with van der Waals surface area (Å²) < 4.78 is 5.43. The molecular formula is C11H18N2O3. The van der Waals surface area contributed by atoms with E-state index in [1.807, 2.05) is 6.92 Å². The van der Waals surface area contributed by atoms with Crippen LogP contribution in [0.25, 0.3) is 0 Å². The Bertz CT molecular complexity index is 347. The third-order valence-electron chi connectivity index (χ3n) is 2.14. The predicted octanol–water partition coefficient (Wildman–Crippen LogP) is 1.92. The Hall–Kier alpha value is -1.39. The summed E-state index contributed by atoms with van der Waals surface area (Å²) in [5.41, 5.74) is 0. The molecule has 1 unspecified atom stereocenters. The molecule has 0 amide bonds. The molecule has 1 atom stereocenters. The van der Waals surface area contributed by atoms with E-state index in [1.54, 1.807) is 0 Å². The van der Waals surface area contributed by atoms with Gasteiger partial charge in [0.25, 0.3) is 0 Å². The van der Waals surface area contributed by atoms with Crippen LogP contribution in [0.15, 0.2) is 4.42 Å². The lowest BCUT2D eigenvalue weighted by molar-refractivity contribution is -0.137. The monoisotopic (exact) mass is 226 g/mol. The largest absolute Gasteiger partial charge is 0.481 e. The highest BCUT2D eigenvalue weighted by Crippen LogP contribution is 2.12. The molecule has 16 heavy (non-hydrogen) atoms. The van der Waals surface area contributed by atoms with Gasteiger partial charge in [-0.15, -0.1) is 10.2 Å². The summed E-state index contributed by atoms with van der Waals surface area (Å²) in [6, 6.07) is 0. The molecule has 5 nitrogen and oxygen atoms in total. The zero-order valence-electron chi connectivity index (χ0n) is 9.93. The molecular weight excluding hydrogens is 208 g/mol. The predicted molar refractivity (Wildman–Crippen MR) is 58.0 cm³/mol. The standard InChI is InChI=1S/C11H18N2O3/c1-7(2)4-9-12-13-10(16-9)5-8(3)6-11(14)15/h7-8H,4-6H2,1-3H3,(H,14,15). The Balaban J connectivity index is 2.48. The van der Waals surface area contributed by atoms with Crippen LogP contribution >= 0.6 is 0 Å². The molecule has 1 heterocycles. The first-order valence-electron chi connectivity index (χ1n) is 5.50. The normalized spacial score (nSPS) is 13.0. The molecule has 0 aliphatic rings. The van der Waals surface area contributed by atoms with Gasteiger partial charge >= 0.3 is 5.97 Å². The van der Waals surface area contributed by atoms with Crippen LogP contribution in [-0.4, -0.2) is 21.3 Å². The van der Waals surface area contributed by atoms with Crippen LogP contribution in [0.5, 0.6) is 0 Å². The maximum Gasteiger partial charge on any atom is 0.303 e. The molecule has 1 aromatic rings.